The molecule has 0 aliphatic rings. The Balaban J connectivity index is 2.33. The molecule has 0 unspecified atom stereocenters. The molecule has 0 heterocycles. The highest BCUT2D eigenvalue weighted by Crippen LogP contribution is 2.22. The fourth-order valence-electron chi connectivity index (χ4n) is 2.10. The highest BCUT2D eigenvalue weighted by atomic mass is 32.2. The predicted molar refractivity (Wildman–Crippen MR) is 91.4 cm³/mol. The third-order valence-electron chi connectivity index (χ3n) is 3.43. The van der Waals surface area contributed by atoms with Crippen molar-refractivity contribution in [1.82, 2.24) is 4.83 Å². The third-order valence-corrected chi connectivity index (χ3v) is 4.64. The first kappa shape index (κ1) is 17.6. The molecule has 2 rings (SSSR count). The van der Waals surface area contributed by atoms with E-state index >= 15 is 0 Å². The lowest BCUT2D eigenvalue weighted by Gasteiger charge is -2.07. The number of benzene rings is 2. The molecule has 126 valence electrons. The van der Waals surface area contributed by atoms with E-state index in [1.54, 1.807) is 6.92 Å². The number of hydrogen-bond acceptors (Lipinski definition) is 5. The Hall–Kier alpha value is -2.74. The number of nitro benzene ring substituents is 1. The minimum Gasteiger partial charge on any atom is -0.258 e. The second-order valence-electron chi connectivity index (χ2n) is 5.08. The fraction of sp³-hybridized carbons (Fsp3) is 0.188. The summed E-state index contributed by atoms with van der Waals surface area (Å²) in [7, 11) is -3.99. The van der Waals surface area contributed by atoms with Crippen molar-refractivity contribution in [2.75, 3.05) is 0 Å². The lowest BCUT2D eigenvalue weighted by Crippen LogP contribution is -2.20. The van der Waals surface area contributed by atoms with Gasteiger partial charge in [-0.05, 0) is 25.0 Å². The van der Waals surface area contributed by atoms with Crippen molar-refractivity contribution in [3.8, 4) is 0 Å². The van der Waals surface area contributed by atoms with Gasteiger partial charge in [-0.2, -0.15) is 18.4 Å². The van der Waals surface area contributed by atoms with Crippen LogP contribution in [0.5, 0.6) is 0 Å². The van der Waals surface area contributed by atoms with Gasteiger partial charge in [0.1, 0.15) is 0 Å². The standard InChI is InChI=1S/C16H17N3O4S/c1-3-15(13-7-5-4-6-8-13)17-18-24(22,23)14-10-9-12(2)16(11-14)19(20)21/h4-11,18H,3H2,1-2H3/b17-15+. The molecule has 0 saturated carbocycles. The third kappa shape index (κ3) is 3.96. The quantitative estimate of drug-likeness (QED) is 0.493. The summed E-state index contributed by atoms with van der Waals surface area (Å²) in [5.74, 6) is 0. The minimum atomic E-state index is -3.99. The number of nitrogens with zero attached hydrogens (tertiary/aromatic N) is 2. The van der Waals surface area contributed by atoms with Gasteiger partial charge in [0, 0.05) is 11.6 Å². The van der Waals surface area contributed by atoms with Crippen LogP contribution >= 0.6 is 0 Å². The van der Waals surface area contributed by atoms with Crippen LogP contribution in [-0.2, 0) is 10.0 Å². The molecule has 1 N–H and O–H groups in total. The van der Waals surface area contributed by atoms with Gasteiger partial charge in [-0.15, -0.1) is 0 Å². The van der Waals surface area contributed by atoms with Gasteiger partial charge in [0.15, 0.2) is 0 Å². The van der Waals surface area contributed by atoms with Crippen LogP contribution < -0.4 is 4.83 Å². The van der Waals surface area contributed by atoms with Gasteiger partial charge >= 0.3 is 0 Å². The number of aryl methyl sites for hydroxylation is 1. The summed E-state index contributed by atoms with van der Waals surface area (Å²) in [6.07, 6.45) is 0.528. The number of rotatable bonds is 6. The van der Waals surface area contributed by atoms with Crippen LogP contribution in [0.4, 0.5) is 5.69 Å². The van der Waals surface area contributed by atoms with Crippen molar-refractivity contribution in [3.63, 3.8) is 0 Å². The zero-order valence-electron chi connectivity index (χ0n) is 13.3. The lowest BCUT2D eigenvalue weighted by molar-refractivity contribution is -0.385. The van der Waals surface area contributed by atoms with Crippen LogP contribution in [0.3, 0.4) is 0 Å². The molecule has 0 aliphatic carbocycles. The van der Waals surface area contributed by atoms with E-state index in [9.17, 15) is 18.5 Å². The molecule has 0 bridgehead atoms. The summed E-state index contributed by atoms with van der Waals surface area (Å²) in [5.41, 5.74) is 1.51. The van der Waals surface area contributed by atoms with Gasteiger partial charge in [0.2, 0.25) is 0 Å². The Morgan fingerprint density at radius 3 is 2.46 bits per heavy atom. The Labute approximate surface area is 140 Å². The largest absolute Gasteiger partial charge is 0.276 e. The molecule has 0 aromatic heterocycles. The highest BCUT2D eigenvalue weighted by molar-refractivity contribution is 7.89. The van der Waals surface area contributed by atoms with Gasteiger partial charge in [-0.25, -0.2) is 0 Å². The number of hydrazone groups is 1. The zero-order chi connectivity index (χ0) is 17.7. The van der Waals surface area contributed by atoms with Crippen LogP contribution in [0.25, 0.3) is 0 Å². The number of sulfonamides is 1. The van der Waals surface area contributed by atoms with E-state index < -0.39 is 14.9 Å². The Kier molecular flexibility index (Phi) is 5.30. The summed E-state index contributed by atoms with van der Waals surface area (Å²) in [6.45, 7) is 3.40. The van der Waals surface area contributed by atoms with Crippen LogP contribution in [0.15, 0.2) is 58.5 Å². The average Bonchev–Trinajstić information content (AvgIpc) is 2.56. The predicted octanol–water partition coefficient (Wildman–Crippen LogP) is 3.00. The molecule has 0 radical (unpaired) electrons. The van der Waals surface area contributed by atoms with Crippen molar-refractivity contribution < 1.29 is 13.3 Å². The topological polar surface area (TPSA) is 102 Å². The highest BCUT2D eigenvalue weighted by Gasteiger charge is 2.19. The van der Waals surface area contributed by atoms with E-state index in [-0.39, 0.29) is 10.6 Å². The van der Waals surface area contributed by atoms with Crippen molar-refractivity contribution in [1.29, 1.82) is 0 Å². The normalized spacial score (nSPS) is 12.0. The molecular weight excluding hydrogens is 330 g/mol. The number of nitro groups is 1. The maximum absolute atomic E-state index is 12.3. The van der Waals surface area contributed by atoms with Crippen LogP contribution in [-0.4, -0.2) is 19.1 Å². The molecule has 2 aromatic rings. The molecule has 0 amide bonds. The Morgan fingerprint density at radius 2 is 1.88 bits per heavy atom. The minimum absolute atomic E-state index is 0.202. The Bertz CT molecular complexity index is 877. The van der Waals surface area contributed by atoms with Crippen LogP contribution in [0.2, 0.25) is 0 Å². The van der Waals surface area contributed by atoms with Crippen molar-refractivity contribution in [3.05, 3.63) is 69.8 Å². The van der Waals surface area contributed by atoms with E-state index in [0.717, 1.165) is 11.6 Å². The number of hydrogen-bond donors (Lipinski definition) is 1. The van der Waals surface area contributed by atoms with E-state index in [0.29, 0.717) is 17.7 Å². The zero-order valence-corrected chi connectivity index (χ0v) is 14.1. The molecule has 0 aliphatic heterocycles. The van der Waals surface area contributed by atoms with Gasteiger partial charge in [-0.3, -0.25) is 10.1 Å². The molecule has 2 aromatic carbocycles. The molecule has 24 heavy (non-hydrogen) atoms. The smallest absolute Gasteiger partial charge is 0.258 e. The van der Waals surface area contributed by atoms with Crippen LogP contribution in [0.1, 0.15) is 24.5 Å². The molecule has 0 fully saturated rings. The molecule has 0 atom stereocenters. The van der Waals surface area contributed by atoms with Crippen LogP contribution in [0, 0.1) is 17.0 Å². The molecule has 0 saturated heterocycles. The Morgan fingerprint density at radius 1 is 1.21 bits per heavy atom. The molecule has 0 spiro atoms. The maximum Gasteiger partial charge on any atom is 0.276 e. The van der Waals surface area contributed by atoms with Crippen molar-refractivity contribution in [2.45, 2.75) is 25.2 Å². The van der Waals surface area contributed by atoms with Crippen molar-refractivity contribution >= 4 is 21.4 Å². The summed E-state index contributed by atoms with van der Waals surface area (Å²) in [4.78, 5) is 12.3. The summed E-state index contributed by atoms with van der Waals surface area (Å²) in [6, 6.07) is 12.9. The second kappa shape index (κ2) is 7.22. The monoisotopic (exact) mass is 347 g/mol. The van der Waals surface area contributed by atoms with E-state index in [2.05, 4.69) is 9.93 Å². The lowest BCUT2D eigenvalue weighted by atomic mass is 10.1. The summed E-state index contributed by atoms with van der Waals surface area (Å²) < 4.78 is 24.7. The average molecular weight is 347 g/mol. The van der Waals surface area contributed by atoms with Gasteiger partial charge in [0.05, 0.1) is 15.5 Å². The summed E-state index contributed by atoms with van der Waals surface area (Å²) >= 11 is 0. The maximum atomic E-state index is 12.3. The molecule has 7 nitrogen and oxygen atoms in total. The van der Waals surface area contributed by atoms with Gasteiger partial charge < -0.3 is 0 Å². The molecular formula is C16H17N3O4S. The molecule has 8 heteroatoms. The first-order valence-corrected chi connectivity index (χ1v) is 8.72. The first-order valence-electron chi connectivity index (χ1n) is 7.24. The SMILES string of the molecule is CC/C(=N\NS(=O)(=O)c1ccc(C)c([N+](=O)[O-])c1)c1ccccc1. The van der Waals surface area contributed by atoms with E-state index in [4.69, 9.17) is 0 Å². The van der Waals surface area contributed by atoms with E-state index in [1.165, 1.54) is 12.1 Å². The first-order chi connectivity index (χ1) is 11.3. The van der Waals surface area contributed by atoms with Gasteiger partial charge in [-0.1, -0.05) is 43.3 Å². The van der Waals surface area contributed by atoms with E-state index in [1.807, 2.05) is 37.3 Å². The number of nitrogens with one attached hydrogen (secondary N) is 1. The fourth-order valence-corrected chi connectivity index (χ4v) is 2.95. The summed E-state index contributed by atoms with van der Waals surface area (Å²) in [5, 5.41) is 14.9. The second-order valence-corrected chi connectivity index (χ2v) is 6.74. The van der Waals surface area contributed by atoms with Crippen molar-refractivity contribution in [2.24, 2.45) is 5.10 Å². The van der Waals surface area contributed by atoms with Gasteiger partial charge in [0.25, 0.3) is 15.7 Å².